The van der Waals surface area contributed by atoms with Gasteiger partial charge in [-0.05, 0) is 87.4 Å². The van der Waals surface area contributed by atoms with Crippen LogP contribution in [0.25, 0.3) is 22.0 Å². The summed E-state index contributed by atoms with van der Waals surface area (Å²) < 4.78 is 48.1. The summed E-state index contributed by atoms with van der Waals surface area (Å²) in [6.45, 7) is 6.61. The van der Waals surface area contributed by atoms with Crippen molar-refractivity contribution >= 4 is 34.3 Å². The average Bonchev–Trinajstić information content (AvgIpc) is 3.48. The number of rotatable bonds is 4. The van der Waals surface area contributed by atoms with E-state index >= 15 is 0 Å². The molecule has 2 aliphatic heterocycles. The number of benzene rings is 1. The van der Waals surface area contributed by atoms with Gasteiger partial charge in [0.2, 0.25) is 11.8 Å². The summed E-state index contributed by atoms with van der Waals surface area (Å²) in [6.07, 6.45) is 2.39. The van der Waals surface area contributed by atoms with E-state index in [1.54, 1.807) is 26.2 Å². The number of aryl methyl sites for hydroxylation is 2. The quantitative estimate of drug-likeness (QED) is 0.280. The largest absolute Gasteiger partial charge is 0.433 e. The van der Waals surface area contributed by atoms with Crippen LogP contribution < -0.4 is 10.6 Å². The lowest BCUT2D eigenvalue weighted by Gasteiger charge is -2.27. The molecular weight excluding hydrogens is 665 g/mol. The Morgan fingerprint density at radius 1 is 1.06 bits per heavy atom. The molecule has 0 spiro atoms. The van der Waals surface area contributed by atoms with Crippen molar-refractivity contribution in [1.29, 1.82) is 0 Å². The van der Waals surface area contributed by atoms with Gasteiger partial charge in [-0.1, -0.05) is 6.07 Å². The number of ether oxygens (including phenoxy) is 1. The van der Waals surface area contributed by atoms with Gasteiger partial charge < -0.3 is 20.3 Å². The molecule has 5 heterocycles. The second-order valence-electron chi connectivity index (χ2n) is 13.9. The molecule has 51 heavy (non-hydrogen) atoms. The summed E-state index contributed by atoms with van der Waals surface area (Å²) in [5.74, 6) is -0.874. The van der Waals surface area contributed by atoms with Gasteiger partial charge in [0.25, 0.3) is 0 Å². The van der Waals surface area contributed by atoms with E-state index in [2.05, 4.69) is 30.7 Å². The van der Waals surface area contributed by atoms with E-state index in [1.165, 1.54) is 22.6 Å². The zero-order valence-electron chi connectivity index (χ0n) is 28.6. The summed E-state index contributed by atoms with van der Waals surface area (Å²) in [5.41, 5.74) is 2.00. The lowest BCUT2D eigenvalue weighted by atomic mass is 9.99. The first kappa shape index (κ1) is 34.7. The SMILES string of the molecule is CC(=O)c1nn2c3c(cc(-c4cnc(C)nc4)cc13)CNCCCCCOC[C@@]13C[C@@H](C(=O)Nc4nc(C(F)(F)F)ccc4C)N(C(=O)C2)[C@@H]1C3. The summed E-state index contributed by atoms with van der Waals surface area (Å²) in [6, 6.07) is 4.69. The van der Waals surface area contributed by atoms with Crippen molar-refractivity contribution < 1.29 is 32.3 Å². The maximum Gasteiger partial charge on any atom is 0.433 e. The predicted octanol–water partition coefficient (Wildman–Crippen LogP) is 5.01. The Hall–Kier alpha value is -4.76. The highest BCUT2D eigenvalue weighted by molar-refractivity contribution is 6.07. The lowest BCUT2D eigenvalue weighted by Crippen LogP contribution is -2.47. The number of halogens is 3. The molecule has 268 valence electrons. The number of aromatic nitrogens is 5. The van der Waals surface area contributed by atoms with E-state index in [1.807, 2.05) is 12.1 Å². The Bertz CT molecular complexity index is 2010. The number of carbonyl (C=O) groups is 3. The first-order valence-corrected chi connectivity index (χ1v) is 17.1. The number of piperidine rings is 1. The van der Waals surface area contributed by atoms with Crippen molar-refractivity contribution in [3.63, 3.8) is 0 Å². The maximum absolute atomic E-state index is 14.4. The fourth-order valence-electron chi connectivity index (χ4n) is 7.39. The molecule has 3 aliphatic rings. The third-order valence-corrected chi connectivity index (χ3v) is 10.1. The Balaban J connectivity index is 1.27. The molecule has 7 rings (SSSR count). The Morgan fingerprint density at radius 2 is 1.84 bits per heavy atom. The number of hydrogen-bond acceptors (Lipinski definition) is 9. The third-order valence-electron chi connectivity index (χ3n) is 10.1. The van der Waals surface area contributed by atoms with Crippen molar-refractivity contribution in [2.24, 2.45) is 5.41 Å². The van der Waals surface area contributed by atoms with E-state index in [0.717, 1.165) is 48.6 Å². The summed E-state index contributed by atoms with van der Waals surface area (Å²) in [5, 5.41) is 11.3. The molecule has 1 saturated heterocycles. The van der Waals surface area contributed by atoms with Gasteiger partial charge in [0, 0.05) is 54.9 Å². The number of nitrogens with one attached hydrogen (secondary N) is 2. The van der Waals surface area contributed by atoms with E-state index in [-0.39, 0.29) is 29.9 Å². The number of alkyl halides is 3. The minimum absolute atomic E-state index is 0.208. The third kappa shape index (κ3) is 6.84. The van der Waals surface area contributed by atoms with Gasteiger partial charge in [0.15, 0.2) is 5.78 Å². The molecule has 2 bridgehead atoms. The van der Waals surface area contributed by atoms with Crippen LogP contribution in [0.3, 0.4) is 0 Å². The van der Waals surface area contributed by atoms with Crippen LogP contribution in [0.15, 0.2) is 36.7 Å². The zero-order valence-corrected chi connectivity index (χ0v) is 28.6. The average molecular weight is 705 g/mol. The van der Waals surface area contributed by atoms with E-state index < -0.39 is 35.1 Å². The number of carbonyl (C=O) groups excluding carboxylic acids is 3. The van der Waals surface area contributed by atoms with Crippen molar-refractivity contribution in [2.45, 2.75) is 84.2 Å². The van der Waals surface area contributed by atoms with Crippen molar-refractivity contribution in [3.8, 4) is 11.1 Å². The molecule has 1 saturated carbocycles. The van der Waals surface area contributed by atoms with Crippen LogP contribution in [0.2, 0.25) is 0 Å². The van der Waals surface area contributed by atoms with Gasteiger partial charge in [-0.25, -0.2) is 15.0 Å². The number of ketones is 1. The van der Waals surface area contributed by atoms with E-state index in [9.17, 15) is 27.6 Å². The second-order valence-corrected chi connectivity index (χ2v) is 13.9. The van der Waals surface area contributed by atoms with Crippen LogP contribution in [0.5, 0.6) is 0 Å². The molecule has 1 aromatic carbocycles. The fourth-order valence-corrected chi connectivity index (χ4v) is 7.39. The normalized spacial score (nSPS) is 22.8. The Kier molecular flexibility index (Phi) is 9.12. The fraction of sp³-hybridized carbons (Fsp3) is 0.472. The Labute approximate surface area is 292 Å². The van der Waals surface area contributed by atoms with Gasteiger partial charge >= 0.3 is 6.18 Å². The first-order chi connectivity index (χ1) is 24.3. The van der Waals surface area contributed by atoms with Crippen LogP contribution in [-0.2, 0) is 33.6 Å². The zero-order chi connectivity index (χ0) is 36.1. The highest BCUT2D eigenvalue weighted by Gasteiger charge is 2.67. The number of anilines is 1. The number of hydrogen-bond donors (Lipinski definition) is 2. The topological polar surface area (TPSA) is 144 Å². The number of Topliss-reactive ketones (excluding diaryl/α,β-unsaturated/α-hetero) is 1. The molecule has 12 nitrogen and oxygen atoms in total. The first-order valence-electron chi connectivity index (χ1n) is 17.1. The molecule has 3 atom stereocenters. The van der Waals surface area contributed by atoms with Gasteiger partial charge in [0.1, 0.15) is 35.6 Å². The van der Waals surface area contributed by atoms with E-state index in [4.69, 9.17) is 4.74 Å². The molecule has 0 unspecified atom stereocenters. The van der Waals surface area contributed by atoms with Crippen molar-refractivity contribution in [3.05, 3.63) is 65.0 Å². The summed E-state index contributed by atoms with van der Waals surface area (Å²) >= 11 is 0. The predicted molar refractivity (Wildman–Crippen MR) is 181 cm³/mol. The van der Waals surface area contributed by atoms with Gasteiger partial charge in [-0.3, -0.25) is 19.1 Å². The minimum atomic E-state index is -4.69. The van der Waals surface area contributed by atoms with Crippen LogP contribution in [-0.4, -0.2) is 79.1 Å². The lowest BCUT2D eigenvalue weighted by molar-refractivity contribution is -0.141. The molecule has 2 N–H and O–H groups in total. The molecule has 2 amide bonds. The molecule has 4 aromatic rings. The molecule has 15 heteroatoms. The van der Waals surface area contributed by atoms with Crippen molar-refractivity contribution in [1.82, 2.24) is 34.9 Å². The highest BCUT2D eigenvalue weighted by atomic mass is 19.4. The monoisotopic (exact) mass is 704 g/mol. The van der Waals surface area contributed by atoms with Crippen LogP contribution in [0.1, 0.15) is 72.2 Å². The molecule has 0 radical (unpaired) electrons. The molecule has 1 aliphatic carbocycles. The highest BCUT2D eigenvalue weighted by Crippen LogP contribution is 2.60. The maximum atomic E-state index is 14.4. The van der Waals surface area contributed by atoms with Crippen LogP contribution in [0, 0.1) is 19.3 Å². The number of pyridine rings is 1. The summed E-state index contributed by atoms with van der Waals surface area (Å²) in [7, 11) is 0. The van der Waals surface area contributed by atoms with E-state index in [0.29, 0.717) is 54.9 Å². The number of nitrogens with zero attached hydrogens (tertiary/aromatic N) is 6. The van der Waals surface area contributed by atoms with Gasteiger partial charge in [-0.2, -0.15) is 18.3 Å². The standard InChI is InChI=1S/C36H39F3N8O4/c1-20-7-8-28(36(37,38)39)43-33(20)44-34(50)27-13-35-14-29(35)47(27)30(49)18-46-32-24(15-40-9-5-4-6-10-51-19-35)11-23(25-16-41-22(3)42-17-25)12-26(32)31(45-46)21(2)48/h7-8,11-12,16-17,27,29,40H,4-6,9-10,13-15,18-19H2,1-3H3,(H,43,44,50)/t27-,29+,35-/m0/s1. The van der Waals surface area contributed by atoms with Crippen molar-refractivity contribution in [2.75, 3.05) is 25.1 Å². The van der Waals surface area contributed by atoms with Crippen LogP contribution in [0.4, 0.5) is 19.0 Å². The molecule has 2 fully saturated rings. The Morgan fingerprint density at radius 3 is 2.59 bits per heavy atom. The molecule has 3 aromatic heterocycles. The molecular formula is C36H39F3N8O4. The summed E-state index contributed by atoms with van der Waals surface area (Å²) in [4.78, 5) is 55.1. The van der Waals surface area contributed by atoms with Gasteiger partial charge in [-0.15, -0.1) is 0 Å². The number of amides is 2. The van der Waals surface area contributed by atoms with Crippen LogP contribution >= 0.6 is 0 Å². The smallest absolute Gasteiger partial charge is 0.381 e. The minimum Gasteiger partial charge on any atom is -0.381 e. The van der Waals surface area contributed by atoms with Gasteiger partial charge in [0.05, 0.1) is 12.1 Å². The second kappa shape index (κ2) is 13.4.